The Kier molecular flexibility index (Phi) is 26.4. The van der Waals surface area contributed by atoms with Gasteiger partial charge in [-0.2, -0.15) is 0 Å². The van der Waals surface area contributed by atoms with Crippen molar-refractivity contribution < 1.29 is 4.57 Å². The zero-order valence-corrected chi connectivity index (χ0v) is 28.3. The Morgan fingerprint density at radius 2 is 0.800 bits per heavy atom. The van der Waals surface area contributed by atoms with Gasteiger partial charge in [-0.3, -0.25) is 0 Å². The summed E-state index contributed by atoms with van der Waals surface area (Å²) >= 11 is 0. The summed E-state index contributed by atoms with van der Waals surface area (Å²) < 4.78 is 5.12. The number of unbranched alkanes of at least 4 members (excludes halogenated alkanes) is 26. The highest BCUT2D eigenvalue weighted by atomic mass is 15.2. The summed E-state index contributed by atoms with van der Waals surface area (Å²) in [6.07, 6.45) is 46.2. The molecule has 0 bridgehead atoms. The van der Waals surface area contributed by atoms with Gasteiger partial charge < -0.3 is 0 Å². The van der Waals surface area contributed by atoms with Gasteiger partial charge in [0.15, 0.2) is 0 Å². The predicted molar refractivity (Wildman–Crippen MR) is 179 cm³/mol. The molecular weight excluding hydrogens is 484 g/mol. The van der Waals surface area contributed by atoms with Crippen molar-refractivity contribution in [2.24, 2.45) is 0 Å². The maximum atomic E-state index is 2.58. The van der Waals surface area contributed by atoms with Gasteiger partial charge in [0.1, 0.15) is 12.4 Å². The first-order chi connectivity index (χ1) is 19.7. The lowest BCUT2D eigenvalue weighted by molar-refractivity contribution is -0.704. The van der Waals surface area contributed by atoms with E-state index in [0.717, 1.165) is 0 Å². The van der Waals surface area contributed by atoms with E-state index in [1.165, 1.54) is 193 Å². The van der Waals surface area contributed by atoms with Crippen molar-refractivity contribution in [1.29, 1.82) is 0 Å². The topological polar surface area (TPSA) is 8.81 Å². The van der Waals surface area contributed by atoms with Gasteiger partial charge in [-0.25, -0.2) is 9.13 Å². The van der Waals surface area contributed by atoms with Gasteiger partial charge in [0.05, 0.1) is 12.6 Å². The summed E-state index contributed by atoms with van der Waals surface area (Å²) in [6, 6.07) is 0.569. The van der Waals surface area contributed by atoms with E-state index >= 15 is 0 Å². The molecule has 1 rings (SSSR count). The van der Waals surface area contributed by atoms with Gasteiger partial charge in [0.2, 0.25) is 0 Å². The SMILES string of the molecule is CCCCCCCCCCCCCCCCCCc1n(C(C)C)cc[n+]1CCCCCCCCCCCCCC. The molecule has 40 heavy (non-hydrogen) atoms. The van der Waals surface area contributed by atoms with E-state index in [4.69, 9.17) is 0 Å². The second-order valence-electron chi connectivity index (χ2n) is 13.4. The summed E-state index contributed by atoms with van der Waals surface area (Å²) in [6.45, 7) is 10.5. The third-order valence-corrected chi connectivity index (χ3v) is 9.10. The molecule has 0 radical (unpaired) electrons. The minimum atomic E-state index is 0.569. The number of hydrogen-bond acceptors (Lipinski definition) is 0. The highest BCUT2D eigenvalue weighted by molar-refractivity contribution is 4.86. The maximum Gasteiger partial charge on any atom is 0.256 e. The van der Waals surface area contributed by atoms with Crippen molar-refractivity contribution >= 4 is 0 Å². The van der Waals surface area contributed by atoms with Crippen LogP contribution in [0.15, 0.2) is 12.4 Å². The molecule has 0 aromatic carbocycles. The Hall–Kier alpha value is -0.790. The summed E-state index contributed by atoms with van der Waals surface area (Å²) in [5, 5.41) is 0. The molecule has 0 unspecified atom stereocenters. The Bertz CT molecular complexity index is 631. The number of rotatable bonds is 31. The fourth-order valence-electron chi connectivity index (χ4n) is 6.37. The molecule has 0 aliphatic carbocycles. The maximum absolute atomic E-state index is 2.58. The van der Waals surface area contributed by atoms with E-state index in [2.05, 4.69) is 49.2 Å². The van der Waals surface area contributed by atoms with Crippen LogP contribution in [0.4, 0.5) is 0 Å². The van der Waals surface area contributed by atoms with Crippen molar-refractivity contribution in [3.63, 3.8) is 0 Å². The van der Waals surface area contributed by atoms with Crippen molar-refractivity contribution in [2.45, 2.75) is 226 Å². The molecule has 2 heteroatoms. The third-order valence-electron chi connectivity index (χ3n) is 9.10. The van der Waals surface area contributed by atoms with E-state index in [1.807, 2.05) is 0 Å². The molecule has 0 saturated heterocycles. The first kappa shape index (κ1) is 37.2. The molecule has 0 N–H and O–H groups in total. The molecular formula is C38H75N2+. The van der Waals surface area contributed by atoms with E-state index < -0.39 is 0 Å². The van der Waals surface area contributed by atoms with Crippen LogP contribution in [0.3, 0.4) is 0 Å². The number of aromatic nitrogens is 2. The average molecular weight is 560 g/mol. The number of aryl methyl sites for hydroxylation is 1. The van der Waals surface area contributed by atoms with Gasteiger partial charge >= 0.3 is 0 Å². The van der Waals surface area contributed by atoms with Crippen LogP contribution in [0.1, 0.15) is 219 Å². The van der Waals surface area contributed by atoms with Crippen molar-refractivity contribution in [3.05, 3.63) is 18.2 Å². The number of nitrogens with zero attached hydrogens (tertiary/aromatic N) is 2. The van der Waals surface area contributed by atoms with Crippen LogP contribution in [0, 0.1) is 0 Å². The Labute approximate surface area is 253 Å². The van der Waals surface area contributed by atoms with Crippen LogP contribution in [0.2, 0.25) is 0 Å². The van der Waals surface area contributed by atoms with Gasteiger partial charge in [-0.15, -0.1) is 0 Å². The Morgan fingerprint density at radius 3 is 1.15 bits per heavy atom. The fourth-order valence-corrected chi connectivity index (χ4v) is 6.37. The Balaban J connectivity index is 2.04. The van der Waals surface area contributed by atoms with Crippen LogP contribution in [-0.2, 0) is 13.0 Å². The van der Waals surface area contributed by atoms with Crippen LogP contribution in [-0.4, -0.2) is 4.57 Å². The molecule has 0 spiro atoms. The third kappa shape index (κ3) is 21.0. The summed E-state index contributed by atoms with van der Waals surface area (Å²) in [5.41, 5.74) is 0. The first-order valence-corrected chi connectivity index (χ1v) is 18.8. The van der Waals surface area contributed by atoms with E-state index in [1.54, 1.807) is 5.82 Å². The molecule has 2 nitrogen and oxygen atoms in total. The standard InChI is InChI=1S/C38H75N2/c1-5-7-9-11-13-15-17-19-20-21-22-23-25-27-29-31-33-38-39(35-36-40(38)37(3)4)34-32-30-28-26-24-18-16-14-12-10-8-6-2/h35-37H,5-34H2,1-4H3/q+1. The Morgan fingerprint density at radius 1 is 0.475 bits per heavy atom. The summed E-state index contributed by atoms with van der Waals surface area (Å²) in [5.74, 6) is 1.57. The van der Waals surface area contributed by atoms with Gasteiger partial charge in [-0.1, -0.05) is 174 Å². The van der Waals surface area contributed by atoms with Crippen LogP contribution in [0.5, 0.6) is 0 Å². The second-order valence-corrected chi connectivity index (χ2v) is 13.4. The van der Waals surface area contributed by atoms with E-state index in [9.17, 15) is 0 Å². The predicted octanol–water partition coefficient (Wildman–Crippen LogP) is 12.9. The molecule has 1 aromatic heterocycles. The summed E-state index contributed by atoms with van der Waals surface area (Å²) in [7, 11) is 0. The molecule has 0 atom stereocenters. The van der Waals surface area contributed by atoms with E-state index in [0.29, 0.717) is 6.04 Å². The second kappa shape index (κ2) is 28.3. The van der Waals surface area contributed by atoms with Gasteiger partial charge in [-0.05, 0) is 33.1 Å². The molecule has 0 aliphatic heterocycles. The molecule has 0 saturated carbocycles. The lowest BCUT2D eigenvalue weighted by Crippen LogP contribution is -2.37. The molecule has 0 fully saturated rings. The normalized spacial score (nSPS) is 11.7. The molecule has 1 aromatic rings. The van der Waals surface area contributed by atoms with Crippen LogP contribution < -0.4 is 4.57 Å². The minimum Gasteiger partial charge on any atom is -0.234 e. The van der Waals surface area contributed by atoms with Crippen molar-refractivity contribution in [2.75, 3.05) is 0 Å². The molecule has 0 aliphatic rings. The first-order valence-electron chi connectivity index (χ1n) is 18.8. The highest BCUT2D eigenvalue weighted by Gasteiger charge is 2.18. The van der Waals surface area contributed by atoms with E-state index in [-0.39, 0.29) is 0 Å². The zero-order chi connectivity index (χ0) is 28.9. The fraction of sp³-hybridized carbons (Fsp3) is 0.921. The summed E-state index contributed by atoms with van der Waals surface area (Å²) in [4.78, 5) is 0. The molecule has 1 heterocycles. The number of imidazole rings is 1. The molecule has 0 amide bonds. The minimum absolute atomic E-state index is 0.569. The smallest absolute Gasteiger partial charge is 0.234 e. The monoisotopic (exact) mass is 560 g/mol. The average Bonchev–Trinajstić information content (AvgIpc) is 3.36. The van der Waals surface area contributed by atoms with Crippen LogP contribution >= 0.6 is 0 Å². The number of hydrogen-bond donors (Lipinski definition) is 0. The lowest BCUT2D eigenvalue weighted by Gasteiger charge is -2.08. The lowest BCUT2D eigenvalue weighted by atomic mass is 10.0. The van der Waals surface area contributed by atoms with Crippen molar-refractivity contribution in [1.82, 2.24) is 4.57 Å². The highest BCUT2D eigenvalue weighted by Crippen LogP contribution is 2.16. The van der Waals surface area contributed by atoms with Crippen molar-refractivity contribution in [3.8, 4) is 0 Å². The van der Waals surface area contributed by atoms with Crippen LogP contribution in [0.25, 0.3) is 0 Å². The zero-order valence-electron chi connectivity index (χ0n) is 28.3. The largest absolute Gasteiger partial charge is 0.256 e. The quantitative estimate of drug-likeness (QED) is 0.0631. The molecule has 236 valence electrons. The van der Waals surface area contributed by atoms with Gasteiger partial charge in [0, 0.05) is 6.42 Å². The van der Waals surface area contributed by atoms with Gasteiger partial charge in [0.25, 0.3) is 5.82 Å².